The number of ether oxygens (including phenoxy) is 1. The molecule has 3 aromatic heterocycles. The number of pyridine rings is 2. The van der Waals surface area contributed by atoms with Crippen molar-refractivity contribution < 1.29 is 18.7 Å². The predicted octanol–water partition coefficient (Wildman–Crippen LogP) is 7.60. The summed E-state index contributed by atoms with van der Waals surface area (Å²) in [5.41, 5.74) is 0.154. The van der Waals surface area contributed by atoms with Crippen molar-refractivity contribution in [1.29, 1.82) is 0 Å². The number of likely N-dealkylation sites (tertiary alicyclic amines) is 1. The van der Waals surface area contributed by atoms with Gasteiger partial charge in [0, 0.05) is 32.0 Å². The topological polar surface area (TPSA) is 109 Å². The van der Waals surface area contributed by atoms with E-state index in [9.17, 15) is 9.59 Å². The molecule has 1 saturated carbocycles. The minimum Gasteiger partial charge on any atom is -0.444 e. The first-order chi connectivity index (χ1) is 21.0. The fourth-order valence-electron chi connectivity index (χ4n) is 6.10. The highest BCUT2D eigenvalue weighted by molar-refractivity contribution is 8.01. The van der Waals surface area contributed by atoms with Gasteiger partial charge in [0.2, 0.25) is 0 Å². The van der Waals surface area contributed by atoms with Gasteiger partial charge in [-0.2, -0.15) is 0 Å². The predicted molar refractivity (Wildman–Crippen MR) is 171 cm³/mol. The smallest absolute Gasteiger partial charge is 0.410 e. The lowest BCUT2D eigenvalue weighted by Gasteiger charge is -2.48. The summed E-state index contributed by atoms with van der Waals surface area (Å²) in [7, 11) is 0. The summed E-state index contributed by atoms with van der Waals surface area (Å²) in [5, 5.41) is 6.86. The fraction of sp³-hybridized carbons (Fsp3) is 0.531. The minimum absolute atomic E-state index is 0.157. The van der Waals surface area contributed by atoms with Crippen LogP contribution in [0.5, 0.6) is 0 Å². The first kappa shape index (κ1) is 32.2. The van der Waals surface area contributed by atoms with E-state index in [1.54, 1.807) is 23.4 Å². The van der Waals surface area contributed by atoms with Gasteiger partial charge in [0.1, 0.15) is 11.4 Å². The maximum Gasteiger partial charge on any atom is 0.410 e. The van der Waals surface area contributed by atoms with Crippen molar-refractivity contribution in [3.05, 3.63) is 53.9 Å². The summed E-state index contributed by atoms with van der Waals surface area (Å²) < 4.78 is 22.0. The highest BCUT2D eigenvalue weighted by atomic mass is 32.2. The summed E-state index contributed by atoms with van der Waals surface area (Å²) in [4.78, 5) is 41.0. The van der Waals surface area contributed by atoms with Crippen LogP contribution in [-0.2, 0) is 4.74 Å². The van der Waals surface area contributed by atoms with Crippen molar-refractivity contribution >= 4 is 46.0 Å². The van der Waals surface area contributed by atoms with E-state index in [1.807, 2.05) is 39.8 Å². The Hall–Kier alpha value is -3.25. The molecule has 1 aliphatic carbocycles. The van der Waals surface area contributed by atoms with Crippen LogP contribution in [0.1, 0.15) is 81.8 Å². The number of nitrogens with one attached hydrogen (secondary N) is 2. The number of hydrogen-bond acceptors (Lipinski definition) is 9. The summed E-state index contributed by atoms with van der Waals surface area (Å²) in [6.07, 6.45) is 11.9. The number of hydrogen-bond donors (Lipinski definition) is 2. The Bertz CT molecular complexity index is 1460. The highest BCUT2D eigenvalue weighted by Crippen LogP contribution is 2.46. The number of thiazole rings is 1. The number of piperidine rings is 1. The van der Waals surface area contributed by atoms with Crippen LogP contribution >= 0.6 is 23.1 Å². The van der Waals surface area contributed by atoms with Crippen molar-refractivity contribution in [3.63, 3.8) is 0 Å². The maximum absolute atomic E-state index is 15.7. The normalized spacial score (nSPS) is 17.2. The van der Waals surface area contributed by atoms with E-state index < -0.39 is 17.3 Å². The SMILES string of the molecule is Cc1ccnc(Nc2ncc(Sc3ccnc(C(=O)NCC4(C5CCCCC5)CCN(C(=O)OC(C)(C)C)CC4)c3F)s2)c1. The number of aromatic nitrogens is 3. The number of carbonyl (C=O) groups excluding carboxylic acids is 2. The Kier molecular flexibility index (Phi) is 10.1. The van der Waals surface area contributed by atoms with Gasteiger partial charge in [0.05, 0.1) is 15.3 Å². The molecule has 2 N–H and O–H groups in total. The van der Waals surface area contributed by atoms with E-state index >= 15 is 4.39 Å². The Morgan fingerprint density at radius 3 is 2.55 bits per heavy atom. The van der Waals surface area contributed by atoms with Gasteiger partial charge >= 0.3 is 6.09 Å². The van der Waals surface area contributed by atoms with E-state index in [0.717, 1.165) is 35.5 Å². The zero-order valence-electron chi connectivity index (χ0n) is 25.8. The Morgan fingerprint density at radius 2 is 1.84 bits per heavy atom. The van der Waals surface area contributed by atoms with E-state index in [1.165, 1.54) is 48.6 Å². The first-order valence-corrected chi connectivity index (χ1v) is 16.9. The number of aryl methyl sites for hydroxylation is 1. The summed E-state index contributed by atoms with van der Waals surface area (Å²) >= 11 is 2.58. The van der Waals surface area contributed by atoms with Gasteiger partial charge in [-0.25, -0.2) is 24.1 Å². The molecule has 44 heavy (non-hydrogen) atoms. The van der Waals surface area contributed by atoms with Crippen LogP contribution in [0.2, 0.25) is 0 Å². The van der Waals surface area contributed by atoms with Gasteiger partial charge in [0.15, 0.2) is 16.6 Å². The molecule has 1 saturated heterocycles. The van der Waals surface area contributed by atoms with Crippen LogP contribution < -0.4 is 10.6 Å². The Morgan fingerprint density at radius 1 is 1.11 bits per heavy atom. The van der Waals surface area contributed by atoms with Gasteiger partial charge < -0.3 is 20.3 Å². The summed E-state index contributed by atoms with van der Waals surface area (Å²) in [5.74, 6) is -0.0377. The molecular weight excluding hydrogens is 600 g/mol. The molecule has 0 spiro atoms. The van der Waals surface area contributed by atoms with Crippen LogP contribution in [-0.4, -0.2) is 57.1 Å². The number of rotatable bonds is 8. The average molecular weight is 641 g/mol. The molecule has 9 nitrogen and oxygen atoms in total. The van der Waals surface area contributed by atoms with E-state index in [-0.39, 0.29) is 17.2 Å². The first-order valence-electron chi connectivity index (χ1n) is 15.3. The monoisotopic (exact) mass is 640 g/mol. The zero-order chi connectivity index (χ0) is 31.3. The molecule has 0 radical (unpaired) electrons. The lowest BCUT2D eigenvalue weighted by molar-refractivity contribution is -0.00569. The molecule has 1 aliphatic heterocycles. The standard InChI is InChI=1S/C32H41FN6O3S2/c1-21-10-14-34-24(18-21)38-29-36-19-25(44-29)43-23-11-15-35-27(26(23)33)28(40)37-20-32(22-8-6-5-7-9-22)12-16-39(17-13-32)30(41)42-31(2,3)4/h10-11,14-15,18-19,22H,5-9,12-13,16-17,20H2,1-4H3,(H,37,40)(H,34,36,38). The van der Waals surface area contributed by atoms with Crippen molar-refractivity contribution in [1.82, 2.24) is 25.2 Å². The molecule has 2 amide bonds. The van der Waals surface area contributed by atoms with Crippen molar-refractivity contribution in [2.24, 2.45) is 11.3 Å². The number of nitrogens with zero attached hydrogens (tertiary/aromatic N) is 4. The molecule has 5 rings (SSSR count). The molecule has 0 bridgehead atoms. The number of amides is 2. The molecule has 236 valence electrons. The molecule has 4 heterocycles. The molecule has 3 aromatic rings. The quantitative estimate of drug-likeness (QED) is 0.259. The molecule has 2 aliphatic rings. The Balaban J connectivity index is 1.24. The van der Waals surface area contributed by atoms with Gasteiger partial charge in [-0.1, -0.05) is 42.4 Å². The second-order valence-corrected chi connectivity index (χ2v) is 15.1. The zero-order valence-corrected chi connectivity index (χ0v) is 27.5. The number of anilines is 2. The molecule has 0 aromatic carbocycles. The third kappa shape index (κ3) is 8.06. The molecule has 2 fully saturated rings. The third-order valence-corrected chi connectivity index (χ3v) is 10.4. The second kappa shape index (κ2) is 13.8. The number of carbonyl (C=O) groups is 2. The average Bonchev–Trinajstić information content (AvgIpc) is 3.43. The van der Waals surface area contributed by atoms with Crippen molar-refractivity contribution in [2.45, 2.75) is 87.3 Å². The van der Waals surface area contributed by atoms with Crippen molar-refractivity contribution in [3.8, 4) is 0 Å². The highest BCUT2D eigenvalue weighted by Gasteiger charge is 2.43. The Labute approximate surface area is 266 Å². The summed E-state index contributed by atoms with van der Waals surface area (Å²) in [6.45, 7) is 9.17. The second-order valence-electron chi connectivity index (χ2n) is 12.7. The lowest BCUT2D eigenvalue weighted by atomic mass is 9.63. The van der Waals surface area contributed by atoms with E-state index in [2.05, 4.69) is 25.6 Å². The molecule has 12 heteroatoms. The van der Waals surface area contributed by atoms with Crippen molar-refractivity contribution in [2.75, 3.05) is 25.0 Å². The van der Waals surface area contributed by atoms with Crippen LogP contribution in [0.4, 0.5) is 20.1 Å². The molecule has 0 unspecified atom stereocenters. The number of halogens is 1. The summed E-state index contributed by atoms with van der Waals surface area (Å²) in [6, 6.07) is 5.41. The van der Waals surface area contributed by atoms with Gasteiger partial charge in [-0.15, -0.1) is 0 Å². The van der Waals surface area contributed by atoms with Gasteiger partial charge in [-0.3, -0.25) is 4.79 Å². The van der Waals surface area contributed by atoms with E-state index in [4.69, 9.17) is 4.74 Å². The minimum atomic E-state index is -0.648. The van der Waals surface area contributed by atoms with Crippen LogP contribution in [0.25, 0.3) is 0 Å². The largest absolute Gasteiger partial charge is 0.444 e. The fourth-order valence-corrected chi connectivity index (χ4v) is 7.96. The molecule has 0 atom stereocenters. The lowest BCUT2D eigenvalue weighted by Crippen LogP contribution is -2.52. The maximum atomic E-state index is 15.7. The van der Waals surface area contributed by atoms with Gasteiger partial charge in [-0.05, 0) is 88.5 Å². The van der Waals surface area contributed by atoms with E-state index in [0.29, 0.717) is 41.4 Å². The van der Waals surface area contributed by atoms with Crippen LogP contribution in [0, 0.1) is 24.1 Å². The van der Waals surface area contributed by atoms with Crippen LogP contribution in [0.15, 0.2) is 45.9 Å². The third-order valence-electron chi connectivity index (χ3n) is 8.40. The molecular formula is C32H41FN6O3S2. The van der Waals surface area contributed by atoms with Crippen LogP contribution in [0.3, 0.4) is 0 Å². The van der Waals surface area contributed by atoms with Gasteiger partial charge in [0.25, 0.3) is 5.91 Å².